The number of carbonyl (C=O) groups is 2. The third-order valence-corrected chi connectivity index (χ3v) is 5.02. The Morgan fingerprint density at radius 1 is 1.31 bits per heavy atom. The van der Waals surface area contributed by atoms with Crippen LogP contribution >= 0.6 is 0 Å². The van der Waals surface area contributed by atoms with Crippen molar-refractivity contribution in [3.63, 3.8) is 0 Å². The summed E-state index contributed by atoms with van der Waals surface area (Å²) >= 11 is 0. The van der Waals surface area contributed by atoms with Gasteiger partial charge in [-0.2, -0.15) is 0 Å². The molecular formula is C19H24N4O3. The minimum absolute atomic E-state index is 0.111. The summed E-state index contributed by atoms with van der Waals surface area (Å²) in [5.41, 5.74) is 6.29. The third kappa shape index (κ3) is 3.77. The zero-order valence-electron chi connectivity index (χ0n) is 14.9. The minimum atomic E-state index is -0.262. The van der Waals surface area contributed by atoms with Crippen LogP contribution in [0.4, 0.5) is 0 Å². The number of hydrogen-bond donors (Lipinski definition) is 2. The van der Waals surface area contributed by atoms with E-state index in [1.807, 2.05) is 24.3 Å². The van der Waals surface area contributed by atoms with Crippen LogP contribution in [-0.4, -0.2) is 47.5 Å². The maximum absolute atomic E-state index is 12.6. The van der Waals surface area contributed by atoms with E-state index < -0.39 is 0 Å². The number of amides is 2. The molecule has 0 radical (unpaired) electrons. The summed E-state index contributed by atoms with van der Waals surface area (Å²) in [4.78, 5) is 38.2. The molecule has 1 aliphatic heterocycles. The fraction of sp³-hybridized carbons (Fsp3) is 0.421. The first kappa shape index (κ1) is 18.1. The van der Waals surface area contributed by atoms with E-state index in [2.05, 4.69) is 10.2 Å². The van der Waals surface area contributed by atoms with Gasteiger partial charge in [0, 0.05) is 38.1 Å². The van der Waals surface area contributed by atoms with Crippen molar-refractivity contribution in [3.05, 3.63) is 46.2 Å². The number of aromatic nitrogens is 1. The Morgan fingerprint density at radius 2 is 2.08 bits per heavy atom. The number of aryl methyl sites for hydroxylation is 1. The summed E-state index contributed by atoms with van der Waals surface area (Å²) in [5, 5.41) is 3.63. The molecule has 138 valence electrons. The molecule has 2 heterocycles. The molecule has 2 aromatic rings. The van der Waals surface area contributed by atoms with Crippen molar-refractivity contribution in [3.8, 4) is 0 Å². The van der Waals surface area contributed by atoms with Crippen LogP contribution in [0.5, 0.6) is 0 Å². The second kappa shape index (κ2) is 7.70. The number of fused-ring (bicyclic) bond motifs is 1. The number of piperidine rings is 1. The number of benzene rings is 1. The predicted molar refractivity (Wildman–Crippen MR) is 99.9 cm³/mol. The van der Waals surface area contributed by atoms with Crippen LogP contribution in [0.1, 0.15) is 23.2 Å². The molecule has 3 N–H and O–H groups in total. The molecule has 7 heteroatoms. The summed E-state index contributed by atoms with van der Waals surface area (Å²) in [6, 6.07) is 8.73. The summed E-state index contributed by atoms with van der Waals surface area (Å²) in [6.07, 6.45) is 1.76. The summed E-state index contributed by atoms with van der Waals surface area (Å²) < 4.78 is 1.53. The van der Waals surface area contributed by atoms with Gasteiger partial charge in [0.1, 0.15) is 0 Å². The van der Waals surface area contributed by atoms with Gasteiger partial charge >= 0.3 is 0 Å². The van der Waals surface area contributed by atoms with E-state index in [1.165, 1.54) is 10.6 Å². The van der Waals surface area contributed by atoms with Crippen molar-refractivity contribution in [1.29, 1.82) is 0 Å². The van der Waals surface area contributed by atoms with Gasteiger partial charge in [0.05, 0.1) is 17.0 Å². The van der Waals surface area contributed by atoms with Gasteiger partial charge in [0.15, 0.2) is 0 Å². The second-order valence-electron chi connectivity index (χ2n) is 6.77. The molecule has 1 fully saturated rings. The van der Waals surface area contributed by atoms with Gasteiger partial charge in [0.25, 0.3) is 11.5 Å². The molecule has 0 bridgehead atoms. The van der Waals surface area contributed by atoms with Gasteiger partial charge in [-0.05, 0) is 25.5 Å². The zero-order valence-corrected chi connectivity index (χ0v) is 14.9. The highest BCUT2D eigenvalue weighted by Gasteiger charge is 2.23. The molecule has 1 aromatic carbocycles. The molecule has 7 nitrogen and oxygen atoms in total. The van der Waals surface area contributed by atoms with Crippen LogP contribution in [-0.2, 0) is 11.8 Å². The highest BCUT2D eigenvalue weighted by molar-refractivity contribution is 6.06. The van der Waals surface area contributed by atoms with Crippen LogP contribution in [0.15, 0.2) is 35.1 Å². The number of nitrogens with zero attached hydrogens (tertiary/aromatic N) is 2. The Balaban J connectivity index is 1.66. The third-order valence-electron chi connectivity index (χ3n) is 5.02. The molecule has 0 aliphatic carbocycles. The van der Waals surface area contributed by atoms with Crippen molar-refractivity contribution < 1.29 is 9.59 Å². The number of likely N-dealkylation sites (tertiary alicyclic amines) is 1. The van der Waals surface area contributed by atoms with Crippen molar-refractivity contribution in [2.24, 2.45) is 18.7 Å². The lowest BCUT2D eigenvalue weighted by molar-refractivity contribution is -0.123. The lowest BCUT2D eigenvalue weighted by atomic mass is 9.97. The van der Waals surface area contributed by atoms with E-state index in [0.29, 0.717) is 25.2 Å². The molecule has 0 saturated carbocycles. The van der Waals surface area contributed by atoms with E-state index in [1.54, 1.807) is 7.05 Å². The van der Waals surface area contributed by atoms with Gasteiger partial charge < -0.3 is 20.5 Å². The first-order valence-corrected chi connectivity index (χ1v) is 8.86. The SMILES string of the molecule is Cn1c(=O)cc(C(=O)NCCN2CCC[C@@H](C(N)=O)C2)c2ccccc21. The number of para-hydroxylation sites is 1. The van der Waals surface area contributed by atoms with Crippen molar-refractivity contribution in [1.82, 2.24) is 14.8 Å². The van der Waals surface area contributed by atoms with E-state index >= 15 is 0 Å². The van der Waals surface area contributed by atoms with Gasteiger partial charge in [-0.15, -0.1) is 0 Å². The maximum Gasteiger partial charge on any atom is 0.252 e. The number of hydrogen-bond acceptors (Lipinski definition) is 4. The van der Waals surface area contributed by atoms with Gasteiger partial charge in [-0.3, -0.25) is 14.4 Å². The molecule has 1 atom stereocenters. The molecule has 26 heavy (non-hydrogen) atoms. The number of nitrogens with one attached hydrogen (secondary N) is 1. The Bertz CT molecular complexity index is 890. The van der Waals surface area contributed by atoms with E-state index in [9.17, 15) is 14.4 Å². The second-order valence-corrected chi connectivity index (χ2v) is 6.77. The topological polar surface area (TPSA) is 97.4 Å². The van der Waals surface area contributed by atoms with Gasteiger partial charge in [0.2, 0.25) is 5.91 Å². The highest BCUT2D eigenvalue weighted by atomic mass is 16.2. The van der Waals surface area contributed by atoms with Crippen molar-refractivity contribution >= 4 is 22.7 Å². The summed E-state index contributed by atoms with van der Waals surface area (Å²) in [6.45, 7) is 2.64. The quantitative estimate of drug-likeness (QED) is 0.813. The first-order valence-electron chi connectivity index (χ1n) is 8.86. The summed E-state index contributed by atoms with van der Waals surface area (Å²) in [7, 11) is 1.69. The lowest BCUT2D eigenvalue weighted by Gasteiger charge is -2.31. The number of rotatable bonds is 5. The van der Waals surface area contributed by atoms with Crippen molar-refractivity contribution in [2.45, 2.75) is 12.8 Å². The Morgan fingerprint density at radius 3 is 2.85 bits per heavy atom. The highest BCUT2D eigenvalue weighted by Crippen LogP contribution is 2.17. The van der Waals surface area contributed by atoms with E-state index in [0.717, 1.165) is 30.3 Å². The Kier molecular flexibility index (Phi) is 5.37. The van der Waals surface area contributed by atoms with Crippen LogP contribution in [0.25, 0.3) is 10.9 Å². The van der Waals surface area contributed by atoms with Gasteiger partial charge in [-0.25, -0.2) is 0 Å². The van der Waals surface area contributed by atoms with Crippen LogP contribution < -0.4 is 16.6 Å². The monoisotopic (exact) mass is 356 g/mol. The average Bonchev–Trinajstić information content (AvgIpc) is 2.65. The number of carbonyl (C=O) groups excluding carboxylic acids is 2. The molecule has 0 unspecified atom stereocenters. The minimum Gasteiger partial charge on any atom is -0.369 e. The molecular weight excluding hydrogens is 332 g/mol. The van der Waals surface area contributed by atoms with Crippen LogP contribution in [0.3, 0.4) is 0 Å². The largest absolute Gasteiger partial charge is 0.369 e. The van der Waals surface area contributed by atoms with Crippen LogP contribution in [0.2, 0.25) is 0 Å². The molecule has 1 aliphatic rings. The van der Waals surface area contributed by atoms with Crippen LogP contribution in [0, 0.1) is 5.92 Å². The number of primary amides is 1. The fourth-order valence-electron chi connectivity index (χ4n) is 3.51. The number of nitrogens with two attached hydrogens (primary N) is 1. The lowest BCUT2D eigenvalue weighted by Crippen LogP contribution is -2.44. The fourth-order valence-corrected chi connectivity index (χ4v) is 3.51. The number of pyridine rings is 1. The van der Waals surface area contributed by atoms with Gasteiger partial charge in [-0.1, -0.05) is 18.2 Å². The first-order chi connectivity index (χ1) is 12.5. The standard InChI is InChI=1S/C19H24N4O3/c1-22-16-7-3-2-6-14(16)15(11-17(22)24)19(26)21-8-10-23-9-4-5-13(12-23)18(20)25/h2-3,6-7,11,13H,4-5,8-10,12H2,1H3,(H2,20,25)(H,21,26)/t13-/m1/s1. The maximum atomic E-state index is 12.6. The predicted octanol–water partition coefficient (Wildman–Crippen LogP) is 0.466. The Labute approximate surface area is 151 Å². The van der Waals surface area contributed by atoms with Crippen molar-refractivity contribution in [2.75, 3.05) is 26.2 Å². The van der Waals surface area contributed by atoms with E-state index in [-0.39, 0.29) is 23.3 Å². The molecule has 2 amide bonds. The molecule has 1 aromatic heterocycles. The summed E-state index contributed by atoms with van der Waals surface area (Å²) in [5.74, 6) is -0.631. The van der Waals surface area contributed by atoms with E-state index in [4.69, 9.17) is 5.73 Å². The molecule has 0 spiro atoms. The molecule has 3 rings (SSSR count). The smallest absolute Gasteiger partial charge is 0.252 e. The molecule has 1 saturated heterocycles. The average molecular weight is 356 g/mol. The normalized spacial score (nSPS) is 18.0. The Hall–Kier alpha value is -2.67. The zero-order chi connectivity index (χ0) is 18.7.